The van der Waals surface area contributed by atoms with Crippen LogP contribution in [0.1, 0.15) is 38.3 Å². The zero-order valence-corrected chi connectivity index (χ0v) is 16.2. The van der Waals surface area contributed by atoms with E-state index in [9.17, 15) is 9.59 Å². The number of nitrogens with one attached hydrogen (secondary N) is 1. The maximum absolute atomic E-state index is 12.4. The second kappa shape index (κ2) is 11.3. The average Bonchev–Trinajstić information content (AvgIpc) is 2.64. The van der Waals surface area contributed by atoms with Gasteiger partial charge in [0.2, 0.25) is 5.91 Å². The molecule has 2 unspecified atom stereocenters. The summed E-state index contributed by atoms with van der Waals surface area (Å²) in [6.07, 6.45) is 2.59. The van der Waals surface area contributed by atoms with Crippen LogP contribution >= 0.6 is 0 Å². The molecule has 0 saturated heterocycles. The molecule has 0 aliphatic carbocycles. The fourth-order valence-electron chi connectivity index (χ4n) is 2.26. The van der Waals surface area contributed by atoms with Crippen molar-refractivity contribution in [2.24, 2.45) is 0 Å². The number of hydrogen-bond donors (Lipinski definition) is 1. The largest absolute Gasteiger partial charge is 0.483 e. The van der Waals surface area contributed by atoms with Gasteiger partial charge in [0.15, 0.2) is 6.61 Å². The molecule has 0 bridgehead atoms. The molecule has 6 nitrogen and oxygen atoms in total. The summed E-state index contributed by atoms with van der Waals surface area (Å²) in [4.78, 5) is 25.6. The second-order valence-electron chi connectivity index (χ2n) is 6.17. The highest BCUT2D eigenvalue weighted by molar-refractivity contribution is 5.81. The molecule has 0 heterocycles. The van der Waals surface area contributed by atoms with Crippen molar-refractivity contribution < 1.29 is 19.1 Å². The Kier molecular flexibility index (Phi) is 9.44. The van der Waals surface area contributed by atoms with Crippen LogP contribution in [-0.2, 0) is 14.3 Å². The average molecular weight is 362 g/mol. The van der Waals surface area contributed by atoms with Crippen molar-refractivity contribution in [2.45, 2.75) is 38.8 Å². The van der Waals surface area contributed by atoms with Crippen LogP contribution in [0.25, 0.3) is 0 Å². The molecule has 26 heavy (non-hydrogen) atoms. The monoisotopic (exact) mass is 362 g/mol. The predicted octanol–water partition coefficient (Wildman–Crippen LogP) is 2.70. The number of ether oxygens (including phenoxy) is 2. The van der Waals surface area contributed by atoms with Gasteiger partial charge in [-0.05, 0) is 25.8 Å². The molecular formula is C20H30N2O4. The topological polar surface area (TPSA) is 67.9 Å². The highest BCUT2D eigenvalue weighted by Crippen LogP contribution is 2.27. The van der Waals surface area contributed by atoms with E-state index in [-0.39, 0.29) is 24.5 Å². The van der Waals surface area contributed by atoms with Crippen LogP contribution in [0.15, 0.2) is 36.9 Å². The quantitative estimate of drug-likeness (QED) is 0.485. The number of nitrogens with zero attached hydrogens (tertiary/aromatic N) is 1. The van der Waals surface area contributed by atoms with Crippen LogP contribution < -0.4 is 10.1 Å². The molecule has 0 spiro atoms. The molecule has 1 N–H and O–H groups in total. The lowest BCUT2D eigenvalue weighted by Crippen LogP contribution is -2.37. The zero-order valence-electron chi connectivity index (χ0n) is 16.2. The van der Waals surface area contributed by atoms with Crippen molar-refractivity contribution in [3.63, 3.8) is 0 Å². The van der Waals surface area contributed by atoms with E-state index >= 15 is 0 Å². The first-order chi connectivity index (χ1) is 12.4. The molecule has 0 aromatic heterocycles. The summed E-state index contributed by atoms with van der Waals surface area (Å²) >= 11 is 0. The van der Waals surface area contributed by atoms with E-state index in [4.69, 9.17) is 9.47 Å². The first-order valence-corrected chi connectivity index (χ1v) is 8.85. The van der Waals surface area contributed by atoms with Gasteiger partial charge in [-0.1, -0.05) is 31.2 Å². The summed E-state index contributed by atoms with van der Waals surface area (Å²) in [5.41, 5.74) is 0.841. The first kappa shape index (κ1) is 21.7. The van der Waals surface area contributed by atoms with E-state index in [0.29, 0.717) is 25.2 Å². The van der Waals surface area contributed by atoms with Gasteiger partial charge in [-0.25, -0.2) is 0 Å². The maximum atomic E-state index is 12.4. The molecule has 2 atom stereocenters. The lowest BCUT2D eigenvalue weighted by molar-refractivity contribution is -0.132. The van der Waals surface area contributed by atoms with Gasteiger partial charge in [-0.3, -0.25) is 9.59 Å². The van der Waals surface area contributed by atoms with Gasteiger partial charge in [0.25, 0.3) is 5.91 Å². The third-order valence-corrected chi connectivity index (χ3v) is 3.93. The van der Waals surface area contributed by atoms with Crippen LogP contribution in [0.3, 0.4) is 0 Å². The third kappa shape index (κ3) is 6.88. The minimum atomic E-state index is -0.549. The maximum Gasteiger partial charge on any atom is 0.259 e. The standard InChI is InChI=1S/C20H30N2O4/c1-6-8-13-25-15(3)20(24)21-17(7-2)16-11-9-10-12-18(16)26-14-19(23)22(4)5/h6,9-12,15,17H,1,7-8,13-14H2,2-5H3,(H,21,24). The van der Waals surface area contributed by atoms with E-state index in [1.165, 1.54) is 4.90 Å². The first-order valence-electron chi connectivity index (χ1n) is 8.85. The van der Waals surface area contributed by atoms with Gasteiger partial charge >= 0.3 is 0 Å². The van der Waals surface area contributed by atoms with Crippen LogP contribution in [-0.4, -0.2) is 50.1 Å². The number of hydrogen-bond acceptors (Lipinski definition) is 4. The van der Waals surface area contributed by atoms with Gasteiger partial charge in [-0.2, -0.15) is 0 Å². The van der Waals surface area contributed by atoms with Gasteiger partial charge in [-0.15, -0.1) is 6.58 Å². The number of rotatable bonds is 11. The van der Waals surface area contributed by atoms with Crippen molar-refractivity contribution in [1.82, 2.24) is 10.2 Å². The highest BCUT2D eigenvalue weighted by atomic mass is 16.5. The molecule has 2 amide bonds. The molecule has 144 valence electrons. The van der Waals surface area contributed by atoms with Crippen molar-refractivity contribution in [2.75, 3.05) is 27.3 Å². The number of amides is 2. The molecular weight excluding hydrogens is 332 g/mol. The number of para-hydroxylation sites is 1. The van der Waals surface area contributed by atoms with Gasteiger partial charge < -0.3 is 19.7 Å². The highest BCUT2D eigenvalue weighted by Gasteiger charge is 2.21. The number of benzene rings is 1. The van der Waals surface area contributed by atoms with Crippen molar-refractivity contribution >= 4 is 11.8 Å². The van der Waals surface area contributed by atoms with Crippen LogP contribution in [0.4, 0.5) is 0 Å². The summed E-state index contributed by atoms with van der Waals surface area (Å²) in [5.74, 6) is 0.288. The second-order valence-corrected chi connectivity index (χ2v) is 6.17. The molecule has 0 radical (unpaired) electrons. The van der Waals surface area contributed by atoms with Crippen LogP contribution in [0.2, 0.25) is 0 Å². The van der Waals surface area contributed by atoms with Crippen LogP contribution in [0, 0.1) is 0 Å². The SMILES string of the molecule is C=CCCOC(C)C(=O)NC(CC)c1ccccc1OCC(=O)N(C)C. The lowest BCUT2D eigenvalue weighted by Gasteiger charge is -2.23. The Hall–Kier alpha value is -2.34. The van der Waals surface area contributed by atoms with E-state index in [0.717, 1.165) is 5.56 Å². The van der Waals surface area contributed by atoms with Gasteiger partial charge in [0, 0.05) is 19.7 Å². The minimum absolute atomic E-state index is 0.0462. The zero-order chi connectivity index (χ0) is 19.5. The molecule has 1 rings (SSSR count). The van der Waals surface area contributed by atoms with Crippen molar-refractivity contribution in [1.29, 1.82) is 0 Å². The molecule has 1 aromatic rings. The van der Waals surface area contributed by atoms with Crippen LogP contribution in [0.5, 0.6) is 5.75 Å². The van der Waals surface area contributed by atoms with Crippen molar-refractivity contribution in [3.8, 4) is 5.75 Å². The Morgan fingerprint density at radius 3 is 2.62 bits per heavy atom. The summed E-state index contributed by atoms with van der Waals surface area (Å²) in [5, 5.41) is 3.00. The molecule has 6 heteroatoms. The summed E-state index contributed by atoms with van der Waals surface area (Å²) in [6, 6.07) is 7.20. The Bertz CT molecular complexity index is 601. The number of likely N-dealkylation sites (N-methyl/N-ethyl adjacent to an activating group) is 1. The number of carbonyl (C=O) groups is 2. The summed E-state index contributed by atoms with van der Waals surface area (Å²) < 4.78 is 11.2. The normalized spacial score (nSPS) is 12.8. The Balaban J connectivity index is 2.78. The fourth-order valence-corrected chi connectivity index (χ4v) is 2.26. The van der Waals surface area contributed by atoms with Gasteiger partial charge in [0.05, 0.1) is 12.6 Å². The number of carbonyl (C=O) groups excluding carboxylic acids is 2. The molecule has 0 fully saturated rings. The Labute approximate surface area is 156 Å². The van der Waals surface area contributed by atoms with Gasteiger partial charge in [0.1, 0.15) is 11.9 Å². The van der Waals surface area contributed by atoms with E-state index in [1.54, 1.807) is 33.2 Å². The third-order valence-electron chi connectivity index (χ3n) is 3.93. The summed E-state index contributed by atoms with van der Waals surface area (Å²) in [6.45, 7) is 7.75. The van der Waals surface area contributed by atoms with E-state index in [2.05, 4.69) is 11.9 Å². The minimum Gasteiger partial charge on any atom is -0.483 e. The Morgan fingerprint density at radius 1 is 1.31 bits per heavy atom. The smallest absolute Gasteiger partial charge is 0.259 e. The fraction of sp³-hybridized carbons (Fsp3) is 0.500. The van der Waals surface area contributed by atoms with E-state index < -0.39 is 6.10 Å². The lowest BCUT2D eigenvalue weighted by atomic mass is 10.0. The molecule has 0 aliphatic rings. The van der Waals surface area contributed by atoms with Crippen molar-refractivity contribution in [3.05, 3.63) is 42.5 Å². The molecule has 0 saturated carbocycles. The predicted molar refractivity (Wildman–Crippen MR) is 102 cm³/mol. The van der Waals surface area contributed by atoms with E-state index in [1.807, 2.05) is 25.1 Å². The summed E-state index contributed by atoms with van der Waals surface area (Å²) in [7, 11) is 3.36. The molecule has 0 aliphatic heterocycles. The Morgan fingerprint density at radius 2 is 2.00 bits per heavy atom. The molecule has 1 aromatic carbocycles.